The third-order valence-corrected chi connectivity index (χ3v) is 10.0. The number of carbonyl (C=O) groups excluding carboxylic acids is 2. The molecule has 2 aliphatic rings. The number of carbonyl (C=O) groups is 2. The third-order valence-electron chi connectivity index (χ3n) is 7.36. The van der Waals surface area contributed by atoms with E-state index in [-0.39, 0.29) is 22.0 Å². The van der Waals surface area contributed by atoms with E-state index in [0.29, 0.717) is 36.8 Å². The van der Waals surface area contributed by atoms with Crippen molar-refractivity contribution in [1.29, 1.82) is 0 Å². The van der Waals surface area contributed by atoms with E-state index in [4.69, 9.17) is 27.6 Å². The Labute approximate surface area is 251 Å². The lowest BCUT2D eigenvalue weighted by Gasteiger charge is -2.31. The maximum atomic E-state index is 14.3. The van der Waals surface area contributed by atoms with Gasteiger partial charge in [-0.05, 0) is 42.8 Å². The molecule has 41 heavy (non-hydrogen) atoms. The number of hydrogen-bond acceptors (Lipinski definition) is 8. The van der Waals surface area contributed by atoms with Crippen LogP contribution in [0.3, 0.4) is 0 Å². The highest BCUT2D eigenvalue weighted by molar-refractivity contribution is 8.00. The molecular weight excluding hydrogens is 603 g/mol. The maximum Gasteiger partial charge on any atom is 0.297 e. The van der Waals surface area contributed by atoms with Crippen LogP contribution in [0.1, 0.15) is 32.8 Å². The van der Waals surface area contributed by atoms with E-state index >= 15 is 0 Å². The van der Waals surface area contributed by atoms with Crippen molar-refractivity contribution in [1.82, 2.24) is 10.2 Å². The smallest absolute Gasteiger partial charge is 0.297 e. The van der Waals surface area contributed by atoms with Crippen LogP contribution in [0, 0.1) is 6.92 Å². The van der Waals surface area contributed by atoms with E-state index in [1.54, 1.807) is 61.6 Å². The summed E-state index contributed by atoms with van der Waals surface area (Å²) in [7, 11) is 1.63. The number of aryl methyl sites for hydroxylation is 1. The number of anilines is 2. The minimum atomic E-state index is -1.79. The number of halogens is 2. The molecule has 2 aromatic heterocycles. The van der Waals surface area contributed by atoms with E-state index in [1.165, 1.54) is 21.6 Å². The Morgan fingerprint density at radius 1 is 1.02 bits per heavy atom. The van der Waals surface area contributed by atoms with Gasteiger partial charge in [-0.15, -0.1) is 10.2 Å². The van der Waals surface area contributed by atoms with Gasteiger partial charge in [-0.3, -0.25) is 19.3 Å². The normalized spacial score (nSPS) is 17.7. The molecule has 0 radical (unpaired) electrons. The van der Waals surface area contributed by atoms with E-state index in [2.05, 4.69) is 10.2 Å². The summed E-state index contributed by atoms with van der Waals surface area (Å²) < 4.78 is 6.64. The molecule has 0 N–H and O–H groups in total. The van der Waals surface area contributed by atoms with Crippen LogP contribution in [-0.4, -0.2) is 29.1 Å². The lowest BCUT2D eigenvalue weighted by molar-refractivity contribution is -0.121. The molecule has 0 bridgehead atoms. The number of benzene rings is 3. The van der Waals surface area contributed by atoms with E-state index in [0.717, 1.165) is 22.5 Å². The standard InChI is InChI=1S/C29H18Cl2N4O4S2/c1-14-7-10-21-17(11-14)23(36)22-24(39-21)25(37)35(29(22)18-5-3-4-6-20(18)34(2)26(29)38)27-32-33-28(41-27)40-13-15-8-9-16(30)12-19(15)31/h3-12H,13H2,1-2H3. The van der Waals surface area contributed by atoms with Crippen molar-refractivity contribution in [2.75, 3.05) is 16.8 Å². The number of hydrogen-bond donors (Lipinski definition) is 0. The van der Waals surface area contributed by atoms with E-state index in [9.17, 15) is 14.4 Å². The Bertz CT molecular complexity index is 2010. The van der Waals surface area contributed by atoms with E-state index in [1.807, 2.05) is 13.0 Å². The first kappa shape index (κ1) is 26.2. The molecule has 3 aromatic carbocycles. The Kier molecular flexibility index (Phi) is 6.02. The van der Waals surface area contributed by atoms with Crippen LogP contribution in [-0.2, 0) is 16.1 Å². The van der Waals surface area contributed by atoms with Crippen molar-refractivity contribution in [3.05, 3.63) is 109 Å². The van der Waals surface area contributed by atoms with Crippen molar-refractivity contribution in [3.63, 3.8) is 0 Å². The predicted molar refractivity (Wildman–Crippen MR) is 161 cm³/mol. The minimum absolute atomic E-state index is 0.0141. The molecule has 0 saturated heterocycles. The molecule has 4 heterocycles. The molecule has 0 fully saturated rings. The fraction of sp³-hybridized carbons (Fsp3) is 0.138. The Balaban J connectivity index is 1.41. The fourth-order valence-electron chi connectivity index (χ4n) is 5.51. The van der Waals surface area contributed by atoms with Crippen molar-refractivity contribution in [3.8, 4) is 0 Å². The van der Waals surface area contributed by atoms with Gasteiger partial charge in [0.15, 0.2) is 15.3 Å². The second-order valence-electron chi connectivity index (χ2n) is 9.74. The first-order chi connectivity index (χ1) is 19.7. The third kappa shape index (κ3) is 3.71. The van der Waals surface area contributed by atoms with E-state index < -0.39 is 22.8 Å². The molecule has 2 aliphatic heterocycles. The Hall–Kier alpha value is -3.70. The summed E-state index contributed by atoms with van der Waals surface area (Å²) >= 11 is 14.9. The molecule has 12 heteroatoms. The second-order valence-corrected chi connectivity index (χ2v) is 12.8. The predicted octanol–water partition coefficient (Wildman–Crippen LogP) is 6.43. The zero-order chi connectivity index (χ0) is 28.6. The summed E-state index contributed by atoms with van der Waals surface area (Å²) in [5.74, 6) is -0.782. The van der Waals surface area contributed by atoms with Gasteiger partial charge in [-0.1, -0.05) is 82.2 Å². The van der Waals surface area contributed by atoms with Gasteiger partial charge in [0.1, 0.15) is 5.58 Å². The largest absolute Gasteiger partial charge is 0.450 e. The minimum Gasteiger partial charge on any atom is -0.450 e. The lowest BCUT2D eigenvalue weighted by Crippen LogP contribution is -2.53. The van der Waals surface area contributed by atoms with Gasteiger partial charge in [-0.25, -0.2) is 0 Å². The van der Waals surface area contributed by atoms with Crippen LogP contribution in [0.4, 0.5) is 10.8 Å². The monoisotopic (exact) mass is 620 g/mol. The molecule has 5 aromatic rings. The summed E-state index contributed by atoms with van der Waals surface area (Å²) in [5.41, 5.74) is 0.816. The SMILES string of the molecule is Cc1ccc2oc3c(c(=O)c2c1)C1(C(=O)N(C)c2ccccc21)N(c1nnc(SCc2ccc(Cl)cc2Cl)s1)C3=O. The number of nitrogens with zero attached hydrogens (tertiary/aromatic N) is 4. The lowest BCUT2D eigenvalue weighted by atomic mass is 9.84. The average Bonchev–Trinajstić information content (AvgIpc) is 3.58. The summed E-state index contributed by atoms with van der Waals surface area (Å²) in [5, 5.41) is 10.2. The molecule has 1 spiro atoms. The van der Waals surface area contributed by atoms with Gasteiger partial charge < -0.3 is 9.32 Å². The zero-order valence-corrected chi connectivity index (χ0v) is 24.6. The van der Waals surface area contributed by atoms with Crippen LogP contribution >= 0.6 is 46.3 Å². The second kappa shape index (κ2) is 9.42. The molecule has 7 rings (SSSR count). The topological polar surface area (TPSA) is 96.6 Å². The molecular formula is C29H18Cl2N4O4S2. The van der Waals surface area contributed by atoms with Gasteiger partial charge in [0.25, 0.3) is 11.8 Å². The number of amides is 2. The highest BCUT2D eigenvalue weighted by atomic mass is 35.5. The number of aromatic nitrogens is 2. The van der Waals surface area contributed by atoms with Crippen molar-refractivity contribution in [2.24, 2.45) is 0 Å². The quantitative estimate of drug-likeness (QED) is 0.169. The number of para-hydroxylation sites is 1. The first-order valence-corrected chi connectivity index (χ1v) is 15.0. The Morgan fingerprint density at radius 2 is 1.83 bits per heavy atom. The highest BCUT2D eigenvalue weighted by Gasteiger charge is 2.66. The number of rotatable bonds is 4. The summed E-state index contributed by atoms with van der Waals surface area (Å²) in [6, 6.07) is 17.6. The van der Waals surface area contributed by atoms with Crippen LogP contribution in [0.25, 0.3) is 11.0 Å². The van der Waals surface area contributed by atoms with Crippen molar-refractivity contribution >= 4 is 79.9 Å². The fourth-order valence-corrected chi connectivity index (χ4v) is 7.96. The maximum absolute atomic E-state index is 14.3. The summed E-state index contributed by atoms with van der Waals surface area (Å²) in [6.07, 6.45) is 0. The van der Waals surface area contributed by atoms with Gasteiger partial charge in [-0.2, -0.15) is 0 Å². The molecule has 2 amide bonds. The van der Waals surface area contributed by atoms with Gasteiger partial charge >= 0.3 is 0 Å². The van der Waals surface area contributed by atoms with Crippen LogP contribution in [0.15, 0.2) is 74.2 Å². The Morgan fingerprint density at radius 3 is 2.63 bits per heavy atom. The zero-order valence-electron chi connectivity index (χ0n) is 21.5. The number of likely N-dealkylation sites (N-methyl/N-ethyl adjacent to an activating group) is 1. The molecule has 1 unspecified atom stereocenters. The summed E-state index contributed by atoms with van der Waals surface area (Å²) in [6.45, 7) is 1.86. The molecule has 204 valence electrons. The van der Waals surface area contributed by atoms with Crippen LogP contribution in [0.5, 0.6) is 0 Å². The highest BCUT2D eigenvalue weighted by Crippen LogP contribution is 2.54. The van der Waals surface area contributed by atoms with Crippen LogP contribution in [0.2, 0.25) is 10.0 Å². The molecule has 8 nitrogen and oxygen atoms in total. The van der Waals surface area contributed by atoms with Gasteiger partial charge in [0.05, 0.1) is 10.9 Å². The van der Waals surface area contributed by atoms with Crippen molar-refractivity contribution < 1.29 is 14.0 Å². The molecule has 0 saturated carbocycles. The van der Waals surface area contributed by atoms with Crippen molar-refractivity contribution in [2.45, 2.75) is 22.6 Å². The number of fused-ring (bicyclic) bond motifs is 5. The average molecular weight is 622 g/mol. The van der Waals surface area contributed by atoms with Gasteiger partial charge in [0.2, 0.25) is 10.9 Å². The number of thioether (sulfide) groups is 1. The first-order valence-electron chi connectivity index (χ1n) is 12.4. The summed E-state index contributed by atoms with van der Waals surface area (Å²) in [4.78, 5) is 45.4. The van der Waals surface area contributed by atoms with Crippen LogP contribution < -0.4 is 15.2 Å². The van der Waals surface area contributed by atoms with Gasteiger partial charge in [0, 0.05) is 34.1 Å². The molecule has 1 atom stereocenters. The molecule has 0 aliphatic carbocycles.